The Bertz CT molecular complexity index is 399. The van der Waals surface area contributed by atoms with Crippen LogP contribution in [0.15, 0.2) is 24.8 Å². The molecule has 0 bridgehead atoms. The summed E-state index contributed by atoms with van der Waals surface area (Å²) in [6.07, 6.45) is -3.50. The summed E-state index contributed by atoms with van der Waals surface area (Å²) in [7, 11) is 0. The number of hydrogen-bond donors (Lipinski definition) is 1. The smallest absolute Gasteiger partial charge is 0.405 e. The minimum atomic E-state index is -4.77. The molecule has 0 fully saturated rings. The number of hydrogen-bond acceptors (Lipinski definition) is 2. The van der Waals surface area contributed by atoms with E-state index in [1.54, 1.807) is 6.07 Å². The van der Waals surface area contributed by atoms with Crippen LogP contribution < -0.4 is 4.74 Å². The van der Waals surface area contributed by atoms with Crippen molar-refractivity contribution >= 4 is 6.08 Å². The number of ether oxygens (including phenoxy) is 1. The molecular formula is C12H12F3O2. The Morgan fingerprint density at radius 3 is 2.59 bits per heavy atom. The zero-order valence-electron chi connectivity index (χ0n) is 9.21. The van der Waals surface area contributed by atoms with E-state index in [0.29, 0.717) is 5.92 Å². The van der Waals surface area contributed by atoms with Gasteiger partial charge >= 0.3 is 6.36 Å². The lowest BCUT2D eigenvalue weighted by atomic mass is 9.98. The number of benzene rings is 1. The highest BCUT2D eigenvalue weighted by Gasteiger charge is 2.33. The van der Waals surface area contributed by atoms with Gasteiger partial charge in [0.25, 0.3) is 0 Å². The van der Waals surface area contributed by atoms with Gasteiger partial charge in [-0.3, -0.25) is 0 Å². The zero-order valence-corrected chi connectivity index (χ0v) is 9.21. The number of halogens is 3. The molecule has 0 aliphatic carbocycles. The molecule has 0 aliphatic rings. The molecule has 1 aromatic carbocycles. The third-order valence-electron chi connectivity index (χ3n) is 2.18. The molecule has 0 saturated heterocycles. The fourth-order valence-corrected chi connectivity index (χ4v) is 1.37. The highest BCUT2D eigenvalue weighted by Crippen LogP contribution is 2.34. The van der Waals surface area contributed by atoms with E-state index in [9.17, 15) is 13.2 Å². The Morgan fingerprint density at radius 1 is 1.47 bits per heavy atom. The summed E-state index contributed by atoms with van der Waals surface area (Å²) < 4.78 is 40.8. The third kappa shape index (κ3) is 3.49. The fraction of sp³-hybridized carbons (Fsp3) is 0.250. The molecule has 0 heterocycles. The Hall–Kier alpha value is -1.49. The third-order valence-corrected chi connectivity index (χ3v) is 2.18. The van der Waals surface area contributed by atoms with E-state index >= 15 is 0 Å². The van der Waals surface area contributed by atoms with Gasteiger partial charge in [-0.15, -0.1) is 13.2 Å². The van der Waals surface area contributed by atoms with E-state index in [4.69, 9.17) is 5.11 Å². The van der Waals surface area contributed by atoms with Crippen LogP contribution in [-0.4, -0.2) is 18.1 Å². The number of rotatable bonds is 4. The van der Waals surface area contributed by atoms with E-state index in [1.165, 1.54) is 25.1 Å². The molecule has 0 atom stereocenters. The van der Waals surface area contributed by atoms with Crippen LogP contribution in [0.2, 0.25) is 0 Å². The second-order valence-corrected chi connectivity index (χ2v) is 3.41. The van der Waals surface area contributed by atoms with Gasteiger partial charge < -0.3 is 9.84 Å². The van der Waals surface area contributed by atoms with Gasteiger partial charge in [-0.05, 0) is 0 Å². The molecule has 0 spiro atoms. The molecule has 0 amide bonds. The quantitative estimate of drug-likeness (QED) is 0.882. The van der Waals surface area contributed by atoms with Crippen LogP contribution in [0.3, 0.4) is 0 Å². The van der Waals surface area contributed by atoms with E-state index < -0.39 is 6.36 Å². The van der Waals surface area contributed by atoms with E-state index in [1.807, 2.05) is 0 Å². The summed E-state index contributed by atoms with van der Waals surface area (Å²) in [6.45, 7) is 4.62. The first kappa shape index (κ1) is 13.6. The maximum Gasteiger partial charge on any atom is 0.573 e. The minimum absolute atomic E-state index is 0.224. The van der Waals surface area contributed by atoms with E-state index in [-0.39, 0.29) is 23.5 Å². The first-order valence-corrected chi connectivity index (χ1v) is 4.84. The van der Waals surface area contributed by atoms with Gasteiger partial charge in [0.1, 0.15) is 5.75 Å². The Labute approximate surface area is 97.3 Å². The number of alkyl halides is 3. The van der Waals surface area contributed by atoms with Crippen LogP contribution in [0.5, 0.6) is 5.75 Å². The zero-order chi connectivity index (χ0) is 13.1. The van der Waals surface area contributed by atoms with Crippen molar-refractivity contribution in [3.05, 3.63) is 41.8 Å². The highest BCUT2D eigenvalue weighted by atomic mass is 19.4. The summed E-state index contributed by atoms with van der Waals surface area (Å²) in [6, 6.07) is 4.50. The van der Waals surface area contributed by atoms with Crippen LogP contribution in [0.25, 0.3) is 6.08 Å². The Kier molecular flexibility index (Phi) is 4.17. The lowest BCUT2D eigenvalue weighted by Gasteiger charge is -2.18. The van der Waals surface area contributed by atoms with Crippen molar-refractivity contribution < 1.29 is 23.0 Å². The molecule has 17 heavy (non-hydrogen) atoms. The first-order valence-electron chi connectivity index (χ1n) is 4.84. The molecule has 5 heteroatoms. The molecule has 0 aliphatic heterocycles. The molecule has 2 nitrogen and oxygen atoms in total. The van der Waals surface area contributed by atoms with Crippen molar-refractivity contribution in [2.45, 2.75) is 13.3 Å². The van der Waals surface area contributed by atoms with Gasteiger partial charge in [-0.2, -0.15) is 0 Å². The number of aliphatic hydroxyl groups excluding tert-OH is 1. The van der Waals surface area contributed by atoms with Gasteiger partial charge in [0.05, 0.1) is 6.61 Å². The molecule has 1 N–H and O–H groups in total. The molecular weight excluding hydrogens is 233 g/mol. The van der Waals surface area contributed by atoms with Crippen molar-refractivity contribution in [1.82, 2.24) is 0 Å². The average molecular weight is 245 g/mol. The van der Waals surface area contributed by atoms with Crippen molar-refractivity contribution in [3.63, 3.8) is 0 Å². The predicted molar refractivity (Wildman–Crippen MR) is 58.3 cm³/mol. The largest absolute Gasteiger partial charge is 0.573 e. The topological polar surface area (TPSA) is 29.5 Å². The average Bonchev–Trinajstić information content (AvgIpc) is 2.26. The van der Waals surface area contributed by atoms with Crippen molar-refractivity contribution in [2.24, 2.45) is 0 Å². The van der Waals surface area contributed by atoms with E-state index in [2.05, 4.69) is 11.3 Å². The monoisotopic (exact) mass is 245 g/mol. The molecule has 93 valence electrons. The van der Waals surface area contributed by atoms with Gasteiger partial charge in [0.15, 0.2) is 0 Å². The molecule has 1 rings (SSSR count). The predicted octanol–water partition coefficient (Wildman–Crippen LogP) is 3.16. The highest BCUT2D eigenvalue weighted by molar-refractivity contribution is 5.61. The standard InChI is InChI=1S/C12H12F3O2/c1-3-9-5-4-6-10(8(2)7-16)11(9)17-12(13,14)15/h3-6,16H,1,7H2,2H3. The van der Waals surface area contributed by atoms with Crippen molar-refractivity contribution in [3.8, 4) is 5.75 Å². The Morgan fingerprint density at radius 2 is 2.12 bits per heavy atom. The summed E-state index contributed by atoms with van der Waals surface area (Å²) in [5.41, 5.74) is 0.454. The SMILES string of the molecule is C=Cc1cccc([C](C)CO)c1OC(F)(F)F. The lowest BCUT2D eigenvalue weighted by molar-refractivity contribution is -0.274. The first-order chi connectivity index (χ1) is 7.89. The van der Waals surface area contributed by atoms with Crippen LogP contribution in [0.4, 0.5) is 13.2 Å². The molecule has 0 aromatic heterocycles. The Balaban J connectivity index is 3.25. The normalized spacial score (nSPS) is 11.6. The van der Waals surface area contributed by atoms with Gasteiger partial charge in [0, 0.05) is 17.0 Å². The van der Waals surface area contributed by atoms with Crippen LogP contribution in [0, 0.1) is 5.92 Å². The second-order valence-electron chi connectivity index (χ2n) is 3.41. The minimum Gasteiger partial charge on any atom is -0.405 e. The van der Waals surface area contributed by atoms with Crippen LogP contribution in [-0.2, 0) is 0 Å². The lowest BCUT2D eigenvalue weighted by Crippen LogP contribution is -2.19. The molecule has 1 radical (unpaired) electrons. The molecule has 0 unspecified atom stereocenters. The van der Waals surface area contributed by atoms with Crippen LogP contribution in [0.1, 0.15) is 18.1 Å². The van der Waals surface area contributed by atoms with Gasteiger partial charge in [-0.1, -0.05) is 37.8 Å². The molecule has 0 saturated carbocycles. The maximum atomic E-state index is 12.3. The summed E-state index contributed by atoms with van der Waals surface area (Å²) >= 11 is 0. The van der Waals surface area contributed by atoms with Crippen molar-refractivity contribution in [1.29, 1.82) is 0 Å². The summed E-state index contributed by atoms with van der Waals surface area (Å²) in [5, 5.41) is 8.97. The van der Waals surface area contributed by atoms with Gasteiger partial charge in [-0.25, -0.2) is 0 Å². The second kappa shape index (κ2) is 5.23. The maximum absolute atomic E-state index is 12.3. The van der Waals surface area contributed by atoms with E-state index in [0.717, 1.165) is 0 Å². The number of aliphatic hydroxyl groups is 1. The summed E-state index contributed by atoms with van der Waals surface area (Å²) in [5.74, 6) is 0.0644. The van der Waals surface area contributed by atoms with Crippen molar-refractivity contribution in [2.75, 3.05) is 6.61 Å². The van der Waals surface area contributed by atoms with Crippen LogP contribution >= 0.6 is 0 Å². The van der Waals surface area contributed by atoms with Gasteiger partial charge in [0.2, 0.25) is 0 Å². The fourth-order valence-electron chi connectivity index (χ4n) is 1.37. The summed E-state index contributed by atoms with van der Waals surface area (Å²) in [4.78, 5) is 0. The number of para-hydroxylation sites is 1. The molecule has 1 aromatic rings.